The summed E-state index contributed by atoms with van der Waals surface area (Å²) in [4.78, 5) is 29.3. The third-order valence-corrected chi connectivity index (χ3v) is 6.53. The Balaban J connectivity index is 1.59. The molecular formula is C20H28N6O3S. The molecule has 2 N–H and O–H groups in total. The number of fused-ring (bicyclic) bond motifs is 2. The quantitative estimate of drug-likeness (QED) is 0.635. The summed E-state index contributed by atoms with van der Waals surface area (Å²) in [7, 11) is 0. The second-order valence-corrected chi connectivity index (χ2v) is 8.91. The molecule has 0 fully saturated rings. The summed E-state index contributed by atoms with van der Waals surface area (Å²) in [5, 5.41) is 13.2. The third kappa shape index (κ3) is 4.11. The Bertz CT molecular complexity index is 932. The second kappa shape index (κ2) is 8.81. The van der Waals surface area contributed by atoms with E-state index in [0.717, 1.165) is 41.0 Å². The molecular weight excluding hydrogens is 404 g/mol. The standard InChI is InChI=1S/C20H28N6O3S/c1-4-29-19(28)14-9-25-6-7-26(10-16(25)21-14)20-23-13-5-8-30-17(13)18(24-20)22-15(11-27)12(2)3/h9,12,15,27H,4-8,10-11H2,1-3H3,(H,22,23,24)/t15-/m0/s1. The lowest BCUT2D eigenvalue weighted by atomic mass is 10.1. The number of anilines is 2. The molecule has 0 spiro atoms. The Labute approximate surface area is 180 Å². The highest BCUT2D eigenvalue weighted by molar-refractivity contribution is 7.99. The van der Waals surface area contributed by atoms with E-state index in [9.17, 15) is 9.90 Å². The maximum Gasteiger partial charge on any atom is 0.358 e. The zero-order valence-electron chi connectivity index (χ0n) is 17.6. The van der Waals surface area contributed by atoms with Crippen molar-refractivity contribution in [2.75, 3.05) is 35.7 Å². The number of imidazole rings is 1. The van der Waals surface area contributed by atoms with Crippen molar-refractivity contribution in [2.45, 2.75) is 51.2 Å². The minimum Gasteiger partial charge on any atom is -0.461 e. The van der Waals surface area contributed by atoms with Crippen molar-refractivity contribution in [3.63, 3.8) is 0 Å². The molecule has 0 amide bonds. The number of carbonyl (C=O) groups excluding carboxylic acids is 1. The fourth-order valence-corrected chi connectivity index (χ4v) is 4.67. The van der Waals surface area contributed by atoms with Gasteiger partial charge in [0, 0.05) is 31.5 Å². The number of aryl methyl sites for hydroxylation is 1. The molecule has 1 atom stereocenters. The van der Waals surface area contributed by atoms with Crippen molar-refractivity contribution in [2.24, 2.45) is 5.92 Å². The maximum absolute atomic E-state index is 12.0. The Hall–Kier alpha value is -2.33. The number of aliphatic hydroxyl groups excluding tert-OH is 1. The summed E-state index contributed by atoms with van der Waals surface area (Å²) in [6, 6.07) is -0.0644. The van der Waals surface area contributed by atoms with Crippen LogP contribution in [0.5, 0.6) is 0 Å². The highest BCUT2D eigenvalue weighted by Crippen LogP contribution is 2.37. The van der Waals surface area contributed by atoms with Crippen LogP contribution in [0, 0.1) is 5.92 Å². The first-order valence-electron chi connectivity index (χ1n) is 10.4. The van der Waals surface area contributed by atoms with Crippen LogP contribution >= 0.6 is 11.8 Å². The molecule has 10 heteroatoms. The van der Waals surface area contributed by atoms with E-state index < -0.39 is 5.97 Å². The van der Waals surface area contributed by atoms with Gasteiger partial charge in [0.2, 0.25) is 5.95 Å². The predicted molar refractivity (Wildman–Crippen MR) is 115 cm³/mol. The van der Waals surface area contributed by atoms with E-state index in [4.69, 9.17) is 14.7 Å². The zero-order chi connectivity index (χ0) is 21.3. The van der Waals surface area contributed by atoms with Crippen LogP contribution in [-0.4, -0.2) is 62.1 Å². The molecule has 162 valence electrons. The molecule has 0 radical (unpaired) electrons. The first-order valence-corrected chi connectivity index (χ1v) is 11.4. The number of hydrogen-bond donors (Lipinski definition) is 2. The van der Waals surface area contributed by atoms with E-state index in [2.05, 4.69) is 29.0 Å². The van der Waals surface area contributed by atoms with Crippen LogP contribution in [0.4, 0.5) is 11.8 Å². The van der Waals surface area contributed by atoms with E-state index in [1.54, 1.807) is 24.9 Å². The lowest BCUT2D eigenvalue weighted by molar-refractivity contribution is 0.0520. The van der Waals surface area contributed by atoms with Crippen molar-refractivity contribution >= 4 is 29.5 Å². The van der Waals surface area contributed by atoms with Crippen molar-refractivity contribution in [1.82, 2.24) is 19.5 Å². The normalized spacial score (nSPS) is 16.4. The Kier molecular flexibility index (Phi) is 6.14. The number of ether oxygens (including phenoxy) is 1. The number of thioether (sulfide) groups is 1. The Morgan fingerprint density at radius 3 is 2.90 bits per heavy atom. The smallest absolute Gasteiger partial charge is 0.358 e. The van der Waals surface area contributed by atoms with Gasteiger partial charge < -0.3 is 24.6 Å². The van der Waals surface area contributed by atoms with E-state index >= 15 is 0 Å². The van der Waals surface area contributed by atoms with Gasteiger partial charge in [-0.3, -0.25) is 0 Å². The molecule has 2 aromatic rings. The van der Waals surface area contributed by atoms with E-state index in [1.165, 1.54) is 0 Å². The highest BCUT2D eigenvalue weighted by Gasteiger charge is 2.27. The van der Waals surface area contributed by atoms with Gasteiger partial charge in [0.1, 0.15) is 11.6 Å². The first-order chi connectivity index (χ1) is 14.5. The van der Waals surface area contributed by atoms with Crippen LogP contribution in [0.2, 0.25) is 0 Å². The van der Waals surface area contributed by atoms with Crippen molar-refractivity contribution in [3.8, 4) is 0 Å². The zero-order valence-corrected chi connectivity index (χ0v) is 18.4. The van der Waals surface area contributed by atoms with Gasteiger partial charge in [-0.2, -0.15) is 4.98 Å². The lowest BCUT2D eigenvalue weighted by Crippen LogP contribution is -2.35. The molecule has 2 aliphatic heterocycles. The van der Waals surface area contributed by atoms with E-state index in [-0.39, 0.29) is 18.6 Å². The number of esters is 1. The van der Waals surface area contributed by atoms with Crippen LogP contribution < -0.4 is 10.2 Å². The number of aromatic nitrogens is 4. The molecule has 4 heterocycles. The monoisotopic (exact) mass is 432 g/mol. The van der Waals surface area contributed by atoms with Gasteiger partial charge in [-0.1, -0.05) is 13.8 Å². The van der Waals surface area contributed by atoms with Gasteiger partial charge in [-0.05, 0) is 12.8 Å². The molecule has 2 aliphatic rings. The fraction of sp³-hybridized carbons (Fsp3) is 0.600. The van der Waals surface area contributed by atoms with Crippen LogP contribution in [0.25, 0.3) is 0 Å². The van der Waals surface area contributed by atoms with E-state index in [0.29, 0.717) is 31.3 Å². The molecule has 0 aliphatic carbocycles. The van der Waals surface area contributed by atoms with E-state index in [1.807, 2.05) is 4.57 Å². The van der Waals surface area contributed by atoms with Crippen LogP contribution in [0.3, 0.4) is 0 Å². The van der Waals surface area contributed by atoms with Gasteiger partial charge in [0.15, 0.2) is 5.69 Å². The molecule has 2 aromatic heterocycles. The fourth-order valence-electron chi connectivity index (χ4n) is 3.62. The molecule has 0 saturated carbocycles. The number of rotatable bonds is 7. The maximum atomic E-state index is 12.0. The second-order valence-electron chi connectivity index (χ2n) is 7.80. The minimum absolute atomic E-state index is 0.0498. The predicted octanol–water partition coefficient (Wildman–Crippen LogP) is 1.95. The van der Waals surface area contributed by atoms with Crippen molar-refractivity contribution in [1.29, 1.82) is 0 Å². The number of hydrogen-bond acceptors (Lipinski definition) is 9. The SMILES string of the molecule is CCOC(=O)c1cn2c(n1)CN(c1nc3c(c(N[C@@H](CO)C(C)C)n1)SCC3)CC2. The van der Waals surface area contributed by atoms with Gasteiger partial charge in [-0.25, -0.2) is 14.8 Å². The topological polar surface area (TPSA) is 105 Å². The van der Waals surface area contributed by atoms with Gasteiger partial charge in [-0.15, -0.1) is 11.8 Å². The van der Waals surface area contributed by atoms with Crippen molar-refractivity contribution in [3.05, 3.63) is 23.4 Å². The van der Waals surface area contributed by atoms with Crippen LogP contribution in [0.15, 0.2) is 11.1 Å². The molecule has 0 saturated heterocycles. The number of carbonyl (C=O) groups is 1. The number of nitrogens with one attached hydrogen (secondary N) is 1. The summed E-state index contributed by atoms with van der Waals surface area (Å²) in [5.41, 5.74) is 1.39. The Morgan fingerprint density at radius 2 is 2.17 bits per heavy atom. The number of aliphatic hydroxyl groups is 1. The molecule has 4 rings (SSSR count). The summed E-state index contributed by atoms with van der Waals surface area (Å²) in [6.45, 7) is 8.27. The first kappa shape index (κ1) is 20.9. The average Bonchev–Trinajstić information content (AvgIpc) is 3.37. The molecule has 0 aromatic carbocycles. The van der Waals surface area contributed by atoms with Crippen molar-refractivity contribution < 1.29 is 14.6 Å². The molecule has 30 heavy (non-hydrogen) atoms. The summed E-state index contributed by atoms with van der Waals surface area (Å²) < 4.78 is 7.06. The van der Waals surface area contributed by atoms with Gasteiger partial charge in [0.25, 0.3) is 0 Å². The average molecular weight is 433 g/mol. The minimum atomic E-state index is -0.396. The summed E-state index contributed by atoms with van der Waals surface area (Å²) >= 11 is 1.76. The molecule has 0 unspecified atom stereocenters. The number of nitrogens with zero attached hydrogens (tertiary/aromatic N) is 5. The summed E-state index contributed by atoms with van der Waals surface area (Å²) in [5.74, 6) is 3.12. The van der Waals surface area contributed by atoms with Gasteiger partial charge in [0.05, 0.1) is 36.4 Å². The molecule has 0 bridgehead atoms. The third-order valence-electron chi connectivity index (χ3n) is 5.40. The summed E-state index contributed by atoms with van der Waals surface area (Å²) in [6.07, 6.45) is 2.66. The largest absolute Gasteiger partial charge is 0.461 e. The highest BCUT2D eigenvalue weighted by atomic mass is 32.2. The van der Waals surface area contributed by atoms with Crippen LogP contribution in [0.1, 0.15) is 42.8 Å². The van der Waals surface area contributed by atoms with Gasteiger partial charge >= 0.3 is 5.97 Å². The van der Waals surface area contributed by atoms with Crippen LogP contribution in [-0.2, 0) is 24.2 Å². The Morgan fingerprint density at radius 1 is 1.33 bits per heavy atom. The molecule has 9 nitrogen and oxygen atoms in total. The lowest BCUT2D eigenvalue weighted by Gasteiger charge is -2.29.